The van der Waals surface area contributed by atoms with E-state index in [2.05, 4.69) is 0 Å². The van der Waals surface area contributed by atoms with Crippen molar-refractivity contribution in [2.75, 3.05) is 0 Å². The van der Waals surface area contributed by atoms with Crippen LogP contribution in [0.5, 0.6) is 0 Å². The van der Waals surface area contributed by atoms with E-state index in [4.69, 9.17) is 0 Å². The summed E-state index contributed by atoms with van der Waals surface area (Å²) in [5, 5.41) is 0. The maximum atomic E-state index is 1.81. The first-order valence-corrected chi connectivity index (χ1v) is 16.7. The van der Waals surface area contributed by atoms with Crippen molar-refractivity contribution in [3.8, 4) is 0 Å². The molecule has 2 fully saturated rings. The molecule has 0 N–H and O–H groups in total. The van der Waals surface area contributed by atoms with Gasteiger partial charge < -0.3 is 0 Å². The summed E-state index contributed by atoms with van der Waals surface area (Å²) >= 11 is -1.39. The first kappa shape index (κ1) is 10.7. The van der Waals surface area contributed by atoms with E-state index >= 15 is 0 Å². The molecule has 2 rings (SSSR count). The zero-order valence-electron chi connectivity index (χ0n) is 8.57. The monoisotopic (exact) mass is 316 g/mol. The van der Waals surface area contributed by atoms with E-state index in [0.717, 1.165) is 0 Å². The van der Waals surface area contributed by atoms with Crippen molar-refractivity contribution in [2.45, 2.75) is 54.8 Å². The van der Waals surface area contributed by atoms with Crippen LogP contribution >= 0.6 is 0 Å². The van der Waals surface area contributed by atoms with Crippen molar-refractivity contribution in [1.82, 2.24) is 0 Å². The van der Waals surface area contributed by atoms with Gasteiger partial charge in [-0.15, -0.1) is 0 Å². The summed E-state index contributed by atoms with van der Waals surface area (Å²) in [4.78, 5) is 0. The maximum absolute atomic E-state index is 1.81. The van der Waals surface area contributed by atoms with Crippen molar-refractivity contribution in [3.63, 3.8) is 0 Å². The molecule has 0 unspecified atom stereocenters. The van der Waals surface area contributed by atoms with E-state index in [1.807, 2.05) is 8.12 Å². The Balaban J connectivity index is 1.91. The summed E-state index contributed by atoms with van der Waals surface area (Å²) in [6.07, 6.45) is 7.96. The Morgan fingerprint density at radius 3 is 1.85 bits per heavy atom. The average molecular weight is 315 g/mol. The summed E-state index contributed by atoms with van der Waals surface area (Å²) in [6.45, 7) is 0. The molecule has 2 aliphatic rings. The molecular weight excluding hydrogens is 295 g/mol. The summed E-state index contributed by atoms with van der Waals surface area (Å²) in [7, 11) is 2.81. The van der Waals surface area contributed by atoms with Gasteiger partial charge in [0.05, 0.1) is 0 Å². The fraction of sp³-hybridized carbons (Fsp3) is 1.00. The van der Waals surface area contributed by atoms with Gasteiger partial charge in [-0.2, -0.15) is 0 Å². The Kier molecular flexibility index (Phi) is 4.42. The molecule has 0 aliphatic carbocycles. The van der Waals surface area contributed by atoms with Gasteiger partial charge in [0.1, 0.15) is 0 Å². The molecule has 0 saturated carbocycles. The van der Waals surface area contributed by atoms with Gasteiger partial charge >= 0.3 is 92.2 Å². The van der Waals surface area contributed by atoms with Crippen molar-refractivity contribution in [3.05, 3.63) is 0 Å². The van der Waals surface area contributed by atoms with Gasteiger partial charge in [-0.25, -0.2) is 0 Å². The second kappa shape index (κ2) is 5.35. The van der Waals surface area contributed by atoms with E-state index < -0.39 is 18.4 Å². The molecule has 72 valence electrons. The standard InChI is InChI=1S/C7H14.C3H6Si2.Sn/c1-3-5-7-6-4-2;1-4-3-5-2;/h1-7H2;1-3H2;. The van der Waals surface area contributed by atoms with Crippen molar-refractivity contribution in [1.29, 1.82) is 0 Å². The van der Waals surface area contributed by atoms with Gasteiger partial charge in [0.2, 0.25) is 0 Å². The number of rotatable bonds is 0. The summed E-state index contributed by atoms with van der Waals surface area (Å²) in [6, 6.07) is 0. The minimum absolute atomic E-state index is 1.39. The SMILES string of the molecule is C1CC[CH2][Sn]2([CH2]CC1)[CH2][Si]C[Si][CH2]2. The third-order valence-corrected chi connectivity index (χ3v) is 32.9. The minimum atomic E-state index is -1.39. The zero-order valence-corrected chi connectivity index (χ0v) is 13.4. The Morgan fingerprint density at radius 1 is 0.692 bits per heavy atom. The molecule has 0 nitrogen and oxygen atoms in total. The second-order valence-corrected chi connectivity index (χ2v) is 25.4. The van der Waals surface area contributed by atoms with Crippen LogP contribution in [0, 0.1) is 0 Å². The number of hydrogen-bond acceptors (Lipinski definition) is 0. The van der Waals surface area contributed by atoms with Gasteiger partial charge in [0.15, 0.2) is 0 Å². The van der Waals surface area contributed by atoms with Gasteiger partial charge in [0, 0.05) is 0 Å². The molecule has 0 aromatic heterocycles. The topological polar surface area (TPSA) is 0 Å². The van der Waals surface area contributed by atoms with Gasteiger partial charge in [0.25, 0.3) is 0 Å². The summed E-state index contributed by atoms with van der Waals surface area (Å²) in [5.41, 5.74) is 1.62. The molecule has 0 aromatic rings. The van der Waals surface area contributed by atoms with Crippen LogP contribution in [0.2, 0.25) is 22.7 Å². The molecule has 13 heavy (non-hydrogen) atoms. The Hall–Kier alpha value is 1.23. The van der Waals surface area contributed by atoms with Crippen LogP contribution in [-0.4, -0.2) is 37.4 Å². The second-order valence-electron chi connectivity index (χ2n) is 4.80. The normalized spacial score (nSPS) is 29.5. The van der Waals surface area contributed by atoms with Crippen LogP contribution in [0.15, 0.2) is 0 Å². The quantitative estimate of drug-likeness (QED) is 0.603. The van der Waals surface area contributed by atoms with Crippen LogP contribution in [0.4, 0.5) is 0 Å². The molecule has 2 heterocycles. The van der Waals surface area contributed by atoms with E-state index in [9.17, 15) is 0 Å². The molecule has 0 amide bonds. The van der Waals surface area contributed by atoms with Crippen molar-refractivity contribution in [2.24, 2.45) is 0 Å². The molecular formula is C10H20Si2Sn. The van der Waals surface area contributed by atoms with E-state index in [0.29, 0.717) is 0 Å². The van der Waals surface area contributed by atoms with Crippen molar-refractivity contribution >= 4 is 37.4 Å². The fourth-order valence-electron chi connectivity index (χ4n) is 2.82. The molecule has 4 radical (unpaired) electrons. The first-order valence-electron chi connectivity index (χ1n) is 5.83. The molecule has 2 aliphatic heterocycles. The fourth-order valence-corrected chi connectivity index (χ4v) is 38.0. The van der Waals surface area contributed by atoms with Crippen molar-refractivity contribution < 1.29 is 0 Å². The summed E-state index contributed by atoms with van der Waals surface area (Å²) < 4.78 is 7.19. The Bertz CT molecular complexity index is 145. The predicted octanol–water partition coefficient (Wildman–Crippen LogP) is 3.11. The molecule has 0 atom stereocenters. The Morgan fingerprint density at radius 2 is 1.23 bits per heavy atom. The molecule has 2 saturated heterocycles. The molecule has 0 bridgehead atoms. The van der Waals surface area contributed by atoms with E-state index in [1.165, 1.54) is 19.0 Å². The third kappa shape index (κ3) is 3.09. The molecule has 3 heteroatoms. The van der Waals surface area contributed by atoms with Crippen LogP contribution in [-0.2, 0) is 0 Å². The molecule has 0 aromatic carbocycles. The van der Waals surface area contributed by atoms with Gasteiger partial charge in [-0.05, 0) is 0 Å². The van der Waals surface area contributed by atoms with Crippen LogP contribution in [0.1, 0.15) is 32.1 Å². The van der Waals surface area contributed by atoms with Gasteiger partial charge in [-0.3, -0.25) is 0 Å². The third-order valence-electron chi connectivity index (χ3n) is 3.66. The predicted molar refractivity (Wildman–Crippen MR) is 64.4 cm³/mol. The van der Waals surface area contributed by atoms with E-state index in [1.54, 1.807) is 46.6 Å². The summed E-state index contributed by atoms with van der Waals surface area (Å²) in [5.74, 6) is 0. The van der Waals surface area contributed by atoms with Crippen LogP contribution in [0.3, 0.4) is 0 Å². The van der Waals surface area contributed by atoms with Crippen LogP contribution in [0.25, 0.3) is 0 Å². The number of hydrogen-bond donors (Lipinski definition) is 0. The Labute approximate surface area is 91.8 Å². The zero-order chi connectivity index (χ0) is 8.99. The average Bonchev–Trinajstić information content (AvgIpc) is 2.14. The molecule has 1 spiro atoms. The van der Waals surface area contributed by atoms with Crippen LogP contribution < -0.4 is 0 Å². The van der Waals surface area contributed by atoms with Gasteiger partial charge in [-0.1, -0.05) is 0 Å². The van der Waals surface area contributed by atoms with E-state index in [-0.39, 0.29) is 0 Å². The first-order chi connectivity index (χ1) is 6.41.